The lowest BCUT2D eigenvalue weighted by Gasteiger charge is -2.42. The van der Waals surface area contributed by atoms with Crippen molar-refractivity contribution < 1.29 is 0 Å². The van der Waals surface area contributed by atoms with Gasteiger partial charge in [-0.2, -0.15) is 0 Å². The van der Waals surface area contributed by atoms with Gasteiger partial charge < -0.3 is 5.32 Å². The second kappa shape index (κ2) is 6.28. The van der Waals surface area contributed by atoms with E-state index in [4.69, 9.17) is 0 Å². The van der Waals surface area contributed by atoms with Gasteiger partial charge in [-0.1, -0.05) is 56.5 Å². The Hall–Kier alpha value is -0.860. The highest BCUT2D eigenvalue weighted by Crippen LogP contribution is 2.37. The van der Waals surface area contributed by atoms with Crippen molar-refractivity contribution in [2.75, 3.05) is 26.2 Å². The fourth-order valence-electron chi connectivity index (χ4n) is 3.97. The van der Waals surface area contributed by atoms with Gasteiger partial charge in [-0.25, -0.2) is 0 Å². The van der Waals surface area contributed by atoms with E-state index in [2.05, 4.69) is 47.5 Å². The zero-order chi connectivity index (χ0) is 13.8. The van der Waals surface area contributed by atoms with E-state index in [9.17, 15) is 0 Å². The molecule has 0 radical (unpaired) electrons. The molecule has 110 valence electrons. The molecule has 1 saturated carbocycles. The third kappa shape index (κ3) is 3.42. The predicted molar refractivity (Wildman–Crippen MR) is 84.8 cm³/mol. The minimum absolute atomic E-state index is 0.511. The standard InChI is InChI=1S/C18H28N2/c1-18(10-6-3-7-11-18)15-20-13-12-19-17(14-20)16-8-4-2-5-9-16/h2,4-5,8-9,17,19H,3,6-7,10-15H2,1H3. The molecule has 1 aromatic rings. The Morgan fingerprint density at radius 2 is 1.90 bits per heavy atom. The normalized spacial score (nSPS) is 27.4. The zero-order valence-electron chi connectivity index (χ0n) is 12.8. The number of rotatable bonds is 3. The fourth-order valence-corrected chi connectivity index (χ4v) is 3.97. The monoisotopic (exact) mass is 272 g/mol. The molecule has 0 bridgehead atoms. The van der Waals surface area contributed by atoms with Crippen LogP contribution in [0.4, 0.5) is 0 Å². The van der Waals surface area contributed by atoms with Crippen molar-refractivity contribution in [2.24, 2.45) is 5.41 Å². The van der Waals surface area contributed by atoms with Crippen LogP contribution in [-0.2, 0) is 0 Å². The van der Waals surface area contributed by atoms with Crippen molar-refractivity contribution in [3.8, 4) is 0 Å². The quantitative estimate of drug-likeness (QED) is 0.904. The number of hydrogen-bond acceptors (Lipinski definition) is 2. The number of nitrogens with one attached hydrogen (secondary N) is 1. The van der Waals surface area contributed by atoms with Crippen molar-refractivity contribution in [3.63, 3.8) is 0 Å². The van der Waals surface area contributed by atoms with Crippen LogP contribution in [0.25, 0.3) is 0 Å². The van der Waals surface area contributed by atoms with Gasteiger partial charge in [0.05, 0.1) is 0 Å². The highest BCUT2D eigenvalue weighted by atomic mass is 15.2. The van der Waals surface area contributed by atoms with E-state index < -0.39 is 0 Å². The van der Waals surface area contributed by atoms with E-state index in [1.165, 1.54) is 57.3 Å². The van der Waals surface area contributed by atoms with E-state index in [0.717, 1.165) is 6.54 Å². The smallest absolute Gasteiger partial charge is 0.0449 e. The van der Waals surface area contributed by atoms with Gasteiger partial charge in [-0.15, -0.1) is 0 Å². The molecular weight excluding hydrogens is 244 g/mol. The molecule has 1 aromatic carbocycles. The second-order valence-corrected chi connectivity index (χ2v) is 7.02. The maximum Gasteiger partial charge on any atom is 0.0449 e. The van der Waals surface area contributed by atoms with Crippen LogP contribution in [0, 0.1) is 5.41 Å². The maximum atomic E-state index is 3.67. The molecular formula is C18H28N2. The summed E-state index contributed by atoms with van der Waals surface area (Å²) in [5.41, 5.74) is 2.00. The van der Waals surface area contributed by atoms with Gasteiger partial charge in [-0.05, 0) is 23.8 Å². The SMILES string of the molecule is CC1(CN2CCNC(c3ccccc3)C2)CCCCC1. The number of piperazine rings is 1. The second-order valence-electron chi connectivity index (χ2n) is 7.02. The summed E-state index contributed by atoms with van der Waals surface area (Å²) < 4.78 is 0. The van der Waals surface area contributed by atoms with Crippen LogP contribution in [-0.4, -0.2) is 31.1 Å². The van der Waals surface area contributed by atoms with Crippen LogP contribution in [0.1, 0.15) is 50.6 Å². The van der Waals surface area contributed by atoms with Crippen LogP contribution in [0.2, 0.25) is 0 Å². The lowest BCUT2D eigenvalue weighted by Crippen LogP contribution is -2.49. The molecule has 1 saturated heterocycles. The third-order valence-electron chi connectivity index (χ3n) is 5.13. The lowest BCUT2D eigenvalue weighted by atomic mass is 9.75. The molecule has 1 atom stereocenters. The van der Waals surface area contributed by atoms with Crippen molar-refractivity contribution >= 4 is 0 Å². The maximum absolute atomic E-state index is 3.67. The summed E-state index contributed by atoms with van der Waals surface area (Å²) in [6, 6.07) is 11.4. The number of benzene rings is 1. The summed E-state index contributed by atoms with van der Waals surface area (Å²) in [5, 5.41) is 3.67. The van der Waals surface area contributed by atoms with Crippen LogP contribution in [0.3, 0.4) is 0 Å². The molecule has 0 spiro atoms. The molecule has 1 aliphatic carbocycles. The van der Waals surface area contributed by atoms with Gasteiger partial charge in [0.2, 0.25) is 0 Å². The molecule has 1 aliphatic heterocycles. The molecule has 1 heterocycles. The van der Waals surface area contributed by atoms with Crippen molar-refractivity contribution in [2.45, 2.75) is 45.1 Å². The fraction of sp³-hybridized carbons (Fsp3) is 0.667. The summed E-state index contributed by atoms with van der Waals surface area (Å²) >= 11 is 0. The van der Waals surface area contributed by atoms with Gasteiger partial charge in [0.15, 0.2) is 0 Å². The van der Waals surface area contributed by atoms with Gasteiger partial charge in [-0.3, -0.25) is 4.90 Å². The Morgan fingerprint density at radius 1 is 1.15 bits per heavy atom. The molecule has 2 nitrogen and oxygen atoms in total. The molecule has 2 aliphatic rings. The van der Waals surface area contributed by atoms with Gasteiger partial charge in [0, 0.05) is 32.2 Å². The van der Waals surface area contributed by atoms with Crippen LogP contribution >= 0.6 is 0 Å². The van der Waals surface area contributed by atoms with E-state index in [-0.39, 0.29) is 0 Å². The predicted octanol–water partition coefficient (Wildman–Crippen LogP) is 3.60. The number of hydrogen-bond donors (Lipinski definition) is 1. The van der Waals surface area contributed by atoms with Crippen LogP contribution < -0.4 is 5.32 Å². The van der Waals surface area contributed by atoms with Gasteiger partial charge >= 0.3 is 0 Å². The van der Waals surface area contributed by atoms with Crippen LogP contribution in [0.15, 0.2) is 30.3 Å². The number of nitrogens with zero attached hydrogens (tertiary/aromatic N) is 1. The Labute approximate surface area is 123 Å². The highest BCUT2D eigenvalue weighted by Gasteiger charge is 2.31. The van der Waals surface area contributed by atoms with Gasteiger partial charge in [0.25, 0.3) is 0 Å². The lowest BCUT2D eigenvalue weighted by molar-refractivity contribution is 0.0973. The summed E-state index contributed by atoms with van der Waals surface area (Å²) in [7, 11) is 0. The molecule has 0 amide bonds. The van der Waals surface area contributed by atoms with Crippen LogP contribution in [0.5, 0.6) is 0 Å². The minimum atomic E-state index is 0.511. The Kier molecular flexibility index (Phi) is 4.42. The Bertz CT molecular complexity index is 409. The third-order valence-corrected chi connectivity index (χ3v) is 5.13. The molecule has 20 heavy (non-hydrogen) atoms. The highest BCUT2D eigenvalue weighted by molar-refractivity contribution is 5.19. The average Bonchev–Trinajstić information content (AvgIpc) is 2.49. The van der Waals surface area contributed by atoms with Crippen molar-refractivity contribution in [1.82, 2.24) is 10.2 Å². The van der Waals surface area contributed by atoms with Gasteiger partial charge in [0.1, 0.15) is 0 Å². The van der Waals surface area contributed by atoms with E-state index in [0.29, 0.717) is 11.5 Å². The summed E-state index contributed by atoms with van der Waals surface area (Å²) in [6.45, 7) is 7.29. The first-order valence-electron chi connectivity index (χ1n) is 8.26. The average molecular weight is 272 g/mol. The molecule has 3 rings (SSSR count). The van der Waals surface area contributed by atoms with E-state index >= 15 is 0 Å². The zero-order valence-corrected chi connectivity index (χ0v) is 12.8. The first-order valence-corrected chi connectivity index (χ1v) is 8.26. The topological polar surface area (TPSA) is 15.3 Å². The summed E-state index contributed by atoms with van der Waals surface area (Å²) in [5.74, 6) is 0. The molecule has 1 N–H and O–H groups in total. The van der Waals surface area contributed by atoms with Crippen molar-refractivity contribution in [3.05, 3.63) is 35.9 Å². The summed E-state index contributed by atoms with van der Waals surface area (Å²) in [6.07, 6.45) is 7.17. The minimum Gasteiger partial charge on any atom is -0.308 e. The molecule has 2 heteroatoms. The van der Waals surface area contributed by atoms with E-state index in [1.54, 1.807) is 0 Å². The van der Waals surface area contributed by atoms with Crippen molar-refractivity contribution in [1.29, 1.82) is 0 Å². The summed E-state index contributed by atoms with van der Waals surface area (Å²) in [4.78, 5) is 2.69. The first-order chi connectivity index (χ1) is 9.75. The Balaban J connectivity index is 1.60. The molecule has 1 unspecified atom stereocenters. The molecule has 2 fully saturated rings. The Morgan fingerprint density at radius 3 is 2.65 bits per heavy atom. The molecule has 0 aromatic heterocycles. The first kappa shape index (κ1) is 14.1. The largest absolute Gasteiger partial charge is 0.308 e. The van der Waals surface area contributed by atoms with E-state index in [1.807, 2.05) is 0 Å².